The molecule has 22 heavy (non-hydrogen) atoms. The monoisotopic (exact) mass is 303 g/mol. The number of hydrogen-bond acceptors (Lipinski definition) is 4. The highest BCUT2D eigenvalue weighted by Gasteiger charge is 2.12. The molecule has 0 aliphatic heterocycles. The van der Waals surface area contributed by atoms with Crippen LogP contribution in [0.15, 0.2) is 24.4 Å². The van der Waals surface area contributed by atoms with Crippen LogP contribution in [0.25, 0.3) is 10.9 Å². The van der Waals surface area contributed by atoms with Crippen molar-refractivity contribution in [2.75, 3.05) is 13.7 Å². The van der Waals surface area contributed by atoms with Gasteiger partial charge in [0, 0.05) is 22.7 Å². The number of rotatable bonds is 7. The average molecular weight is 303 g/mol. The van der Waals surface area contributed by atoms with Crippen LogP contribution in [-0.2, 0) is 16.1 Å². The zero-order chi connectivity index (χ0) is 16.1. The molecule has 5 nitrogen and oxygen atoms in total. The summed E-state index contributed by atoms with van der Waals surface area (Å²) in [5.41, 5.74) is 1.34. The molecule has 2 rings (SSSR count). The molecular weight excluding hydrogens is 282 g/mol. The number of methoxy groups -OCH3 is 1. The first kappa shape index (κ1) is 16.1. The van der Waals surface area contributed by atoms with Crippen LogP contribution in [-0.4, -0.2) is 30.5 Å². The summed E-state index contributed by atoms with van der Waals surface area (Å²) < 4.78 is 12.1. The first-order valence-electron chi connectivity index (χ1n) is 7.32. The fourth-order valence-corrected chi connectivity index (χ4v) is 2.25. The molecule has 5 heteroatoms. The maximum atomic E-state index is 11.9. The molecule has 1 heterocycles. The van der Waals surface area contributed by atoms with Crippen molar-refractivity contribution in [3.63, 3.8) is 0 Å². The minimum Gasteiger partial charge on any atom is -0.497 e. The molecule has 0 unspecified atom stereocenters. The third-order valence-corrected chi connectivity index (χ3v) is 3.50. The standard InChI is InChI=1S/C17H21NO4/c1-12(2)6-7-22-17(20)10-18-9-13(11-19)15-8-14(21-3)4-5-16(15)18/h4-5,8-9,11-12H,6-7,10H2,1-3H3. The molecule has 0 bridgehead atoms. The Bertz CT molecular complexity index is 673. The van der Waals surface area contributed by atoms with Crippen molar-refractivity contribution >= 4 is 23.2 Å². The summed E-state index contributed by atoms with van der Waals surface area (Å²) in [5, 5.41) is 0.768. The van der Waals surface area contributed by atoms with E-state index in [0.717, 1.165) is 23.6 Å². The largest absolute Gasteiger partial charge is 0.497 e. The molecule has 0 aliphatic rings. The average Bonchev–Trinajstić information content (AvgIpc) is 2.83. The Labute approximate surface area is 129 Å². The predicted molar refractivity (Wildman–Crippen MR) is 84.3 cm³/mol. The van der Waals surface area contributed by atoms with Gasteiger partial charge in [0.15, 0.2) is 6.29 Å². The summed E-state index contributed by atoms with van der Waals surface area (Å²) in [6, 6.07) is 5.43. The SMILES string of the molecule is COc1ccc2c(c1)c(C=O)cn2CC(=O)OCCC(C)C. The lowest BCUT2D eigenvalue weighted by Crippen LogP contribution is -2.14. The molecule has 0 atom stereocenters. The van der Waals surface area contributed by atoms with Gasteiger partial charge in [-0.3, -0.25) is 9.59 Å². The van der Waals surface area contributed by atoms with Gasteiger partial charge in [-0.1, -0.05) is 13.8 Å². The Morgan fingerprint density at radius 3 is 2.77 bits per heavy atom. The minimum absolute atomic E-state index is 0.0920. The third kappa shape index (κ3) is 3.67. The molecule has 0 spiro atoms. The van der Waals surface area contributed by atoms with Crippen molar-refractivity contribution in [1.82, 2.24) is 4.57 Å². The molecule has 0 saturated carbocycles. The normalized spacial score (nSPS) is 10.9. The van der Waals surface area contributed by atoms with Gasteiger partial charge >= 0.3 is 5.97 Å². The summed E-state index contributed by atoms with van der Waals surface area (Å²) in [5.74, 6) is 0.869. The number of benzene rings is 1. The Hall–Kier alpha value is -2.30. The lowest BCUT2D eigenvalue weighted by molar-refractivity contribution is -0.144. The fraction of sp³-hybridized carbons (Fsp3) is 0.412. The molecule has 0 N–H and O–H groups in total. The Morgan fingerprint density at radius 1 is 1.36 bits per heavy atom. The highest BCUT2D eigenvalue weighted by molar-refractivity contribution is 5.98. The van der Waals surface area contributed by atoms with Crippen LogP contribution in [0, 0.1) is 5.92 Å². The lowest BCUT2D eigenvalue weighted by atomic mass is 10.1. The molecule has 118 valence electrons. The molecule has 2 aromatic rings. The van der Waals surface area contributed by atoms with Crippen molar-refractivity contribution in [3.8, 4) is 5.75 Å². The number of esters is 1. The Kier molecular flexibility index (Phi) is 5.20. The highest BCUT2D eigenvalue weighted by atomic mass is 16.5. The molecular formula is C17H21NO4. The summed E-state index contributed by atoms with van der Waals surface area (Å²) in [4.78, 5) is 23.1. The third-order valence-electron chi connectivity index (χ3n) is 3.50. The second-order valence-corrected chi connectivity index (χ2v) is 5.62. The van der Waals surface area contributed by atoms with E-state index in [1.807, 2.05) is 6.07 Å². The van der Waals surface area contributed by atoms with Gasteiger partial charge in [-0.15, -0.1) is 0 Å². The lowest BCUT2D eigenvalue weighted by Gasteiger charge is -2.08. The topological polar surface area (TPSA) is 57.5 Å². The number of nitrogens with zero attached hydrogens (tertiary/aromatic N) is 1. The van der Waals surface area contributed by atoms with Gasteiger partial charge in [0.1, 0.15) is 12.3 Å². The maximum Gasteiger partial charge on any atom is 0.325 e. The van der Waals surface area contributed by atoms with Gasteiger partial charge in [0.05, 0.1) is 13.7 Å². The van der Waals surface area contributed by atoms with Gasteiger partial charge in [0.2, 0.25) is 0 Å². The molecule has 1 aromatic heterocycles. The second kappa shape index (κ2) is 7.11. The van der Waals surface area contributed by atoms with E-state index in [9.17, 15) is 9.59 Å². The van der Waals surface area contributed by atoms with Crippen molar-refractivity contribution in [2.24, 2.45) is 5.92 Å². The van der Waals surface area contributed by atoms with E-state index in [2.05, 4.69) is 13.8 Å². The molecule has 0 saturated heterocycles. The second-order valence-electron chi connectivity index (χ2n) is 5.62. The molecule has 0 aliphatic carbocycles. The van der Waals surface area contributed by atoms with Crippen LogP contribution in [0.1, 0.15) is 30.6 Å². The van der Waals surface area contributed by atoms with E-state index in [1.54, 1.807) is 30.0 Å². The van der Waals surface area contributed by atoms with Gasteiger partial charge < -0.3 is 14.0 Å². The molecule has 0 fully saturated rings. The van der Waals surface area contributed by atoms with Crippen LogP contribution >= 0.6 is 0 Å². The molecule has 1 aromatic carbocycles. The summed E-state index contributed by atoms with van der Waals surface area (Å²) in [6.45, 7) is 4.67. The first-order valence-corrected chi connectivity index (χ1v) is 7.32. The Morgan fingerprint density at radius 2 is 2.14 bits per heavy atom. The number of hydrogen-bond donors (Lipinski definition) is 0. The minimum atomic E-state index is -0.300. The van der Waals surface area contributed by atoms with Crippen molar-refractivity contribution in [1.29, 1.82) is 0 Å². The van der Waals surface area contributed by atoms with Crippen LogP contribution < -0.4 is 4.74 Å². The summed E-state index contributed by atoms with van der Waals surface area (Å²) in [7, 11) is 1.57. The first-order chi connectivity index (χ1) is 10.5. The Balaban J connectivity index is 2.17. The smallest absolute Gasteiger partial charge is 0.325 e. The quantitative estimate of drug-likeness (QED) is 0.582. The number of carbonyl (C=O) groups is 2. The van der Waals surface area contributed by atoms with E-state index < -0.39 is 0 Å². The van der Waals surface area contributed by atoms with Crippen LogP contribution in [0.4, 0.5) is 0 Å². The van der Waals surface area contributed by atoms with E-state index in [0.29, 0.717) is 23.8 Å². The van der Waals surface area contributed by atoms with Gasteiger partial charge in [-0.2, -0.15) is 0 Å². The van der Waals surface area contributed by atoms with E-state index in [4.69, 9.17) is 9.47 Å². The van der Waals surface area contributed by atoms with Crippen molar-refractivity contribution in [2.45, 2.75) is 26.8 Å². The van der Waals surface area contributed by atoms with E-state index >= 15 is 0 Å². The van der Waals surface area contributed by atoms with Crippen LogP contribution in [0.2, 0.25) is 0 Å². The number of aromatic nitrogens is 1. The zero-order valence-corrected chi connectivity index (χ0v) is 13.2. The van der Waals surface area contributed by atoms with Crippen molar-refractivity contribution < 1.29 is 19.1 Å². The van der Waals surface area contributed by atoms with Gasteiger partial charge in [0.25, 0.3) is 0 Å². The van der Waals surface area contributed by atoms with Gasteiger partial charge in [-0.25, -0.2) is 0 Å². The summed E-state index contributed by atoms with van der Waals surface area (Å²) in [6.07, 6.45) is 3.29. The van der Waals surface area contributed by atoms with Crippen LogP contribution in [0.3, 0.4) is 0 Å². The fourth-order valence-electron chi connectivity index (χ4n) is 2.25. The van der Waals surface area contributed by atoms with Gasteiger partial charge in [-0.05, 0) is 30.5 Å². The highest BCUT2D eigenvalue weighted by Crippen LogP contribution is 2.25. The summed E-state index contributed by atoms with van der Waals surface area (Å²) >= 11 is 0. The van der Waals surface area contributed by atoms with Crippen molar-refractivity contribution in [3.05, 3.63) is 30.0 Å². The predicted octanol–water partition coefficient (Wildman–Crippen LogP) is 3.05. The number of fused-ring (bicyclic) bond motifs is 1. The maximum absolute atomic E-state index is 11.9. The zero-order valence-electron chi connectivity index (χ0n) is 13.2. The number of ether oxygens (including phenoxy) is 2. The van der Waals surface area contributed by atoms with E-state index in [1.165, 1.54) is 0 Å². The molecule has 0 amide bonds. The number of aldehydes is 1. The number of carbonyl (C=O) groups excluding carboxylic acids is 2. The van der Waals surface area contributed by atoms with E-state index in [-0.39, 0.29) is 12.5 Å². The van der Waals surface area contributed by atoms with Crippen LogP contribution in [0.5, 0.6) is 5.75 Å². The molecule has 0 radical (unpaired) electrons.